The summed E-state index contributed by atoms with van der Waals surface area (Å²) in [6.45, 7) is 0. The van der Waals surface area contributed by atoms with E-state index in [1.807, 2.05) is 30.3 Å². The van der Waals surface area contributed by atoms with Crippen LogP contribution < -0.4 is 5.32 Å². The highest BCUT2D eigenvalue weighted by molar-refractivity contribution is 6.00. The number of fused-ring (bicyclic) bond motifs is 1. The zero-order chi connectivity index (χ0) is 19.1. The smallest absolute Gasteiger partial charge is 0.339 e. The number of anilines is 1. The molecule has 1 atom stereocenters. The van der Waals surface area contributed by atoms with E-state index in [1.54, 1.807) is 18.2 Å². The second kappa shape index (κ2) is 6.60. The van der Waals surface area contributed by atoms with Gasteiger partial charge in [-0.15, -0.1) is 0 Å². The van der Waals surface area contributed by atoms with Gasteiger partial charge >= 0.3 is 5.97 Å². The fourth-order valence-corrected chi connectivity index (χ4v) is 3.38. The molecule has 140 valence electrons. The van der Waals surface area contributed by atoms with Crippen molar-refractivity contribution in [3.63, 3.8) is 0 Å². The van der Waals surface area contributed by atoms with E-state index >= 15 is 0 Å². The van der Waals surface area contributed by atoms with Gasteiger partial charge in [0.2, 0.25) is 0 Å². The first-order valence-electron chi connectivity index (χ1n) is 9.30. The number of hydrogen-bond donors (Lipinski definition) is 2. The van der Waals surface area contributed by atoms with Crippen LogP contribution in [-0.4, -0.2) is 33.2 Å². The summed E-state index contributed by atoms with van der Waals surface area (Å²) in [7, 11) is 0. The molecule has 1 unspecified atom stereocenters. The first-order valence-corrected chi connectivity index (χ1v) is 9.30. The molecule has 1 saturated carbocycles. The molecule has 2 aromatic carbocycles. The van der Waals surface area contributed by atoms with Crippen LogP contribution >= 0.6 is 0 Å². The Bertz CT molecular complexity index is 1070. The average Bonchev–Trinajstić information content (AvgIpc) is 3.45. The molecule has 2 heterocycles. The van der Waals surface area contributed by atoms with Crippen molar-refractivity contribution in [1.29, 1.82) is 0 Å². The molecule has 7 nitrogen and oxygen atoms in total. The molecule has 28 heavy (non-hydrogen) atoms. The molecule has 1 amide bonds. The summed E-state index contributed by atoms with van der Waals surface area (Å²) in [6.07, 6.45) is 1.80. The van der Waals surface area contributed by atoms with Crippen LogP contribution in [0.4, 0.5) is 5.69 Å². The summed E-state index contributed by atoms with van der Waals surface area (Å²) < 4.78 is 5.32. The molecular weight excluding hydrogens is 356 g/mol. The number of carbonyl (C=O) groups is 2. The number of rotatable bonds is 4. The molecule has 0 saturated heterocycles. The number of cyclic esters (lactones) is 1. The van der Waals surface area contributed by atoms with Crippen molar-refractivity contribution >= 4 is 17.6 Å². The Hall–Kier alpha value is -3.48. The van der Waals surface area contributed by atoms with Gasteiger partial charge < -0.3 is 10.1 Å². The van der Waals surface area contributed by atoms with Crippen molar-refractivity contribution < 1.29 is 14.3 Å². The van der Waals surface area contributed by atoms with Crippen LogP contribution in [0.1, 0.15) is 40.5 Å². The molecule has 1 aliphatic heterocycles. The molecule has 2 N–H and O–H groups in total. The summed E-state index contributed by atoms with van der Waals surface area (Å²) in [5.74, 6) is 1.19. The van der Waals surface area contributed by atoms with Gasteiger partial charge in [-0.05, 0) is 36.6 Å². The van der Waals surface area contributed by atoms with Crippen LogP contribution in [0.2, 0.25) is 0 Å². The fourth-order valence-electron chi connectivity index (χ4n) is 3.38. The number of esters is 1. The fraction of sp³-hybridized carbons (Fsp3) is 0.238. The maximum atomic E-state index is 12.6. The van der Waals surface area contributed by atoms with Crippen molar-refractivity contribution in [2.45, 2.75) is 31.3 Å². The first-order chi connectivity index (χ1) is 13.7. The van der Waals surface area contributed by atoms with E-state index in [0.29, 0.717) is 29.4 Å². The molecule has 0 bridgehead atoms. The lowest BCUT2D eigenvalue weighted by Crippen LogP contribution is -2.37. The molecule has 0 spiro atoms. The number of aromatic nitrogens is 3. The normalized spacial score (nSPS) is 18.3. The largest absolute Gasteiger partial charge is 0.448 e. The Balaban J connectivity index is 1.32. The van der Waals surface area contributed by atoms with Crippen LogP contribution in [0.15, 0.2) is 48.5 Å². The minimum atomic E-state index is -0.851. The molecule has 1 aromatic heterocycles. The van der Waals surface area contributed by atoms with Gasteiger partial charge in [-0.2, -0.15) is 5.10 Å². The molecule has 7 heteroatoms. The standard InChI is InChI=1S/C21H18N4O3/c26-20(17-11-13-4-1-2-7-16(13)21(27)28-17)22-15-6-3-5-14(10-15)19-23-18(24-25-19)12-8-9-12/h1-7,10,12,17H,8-9,11H2,(H,22,26)(H,23,24,25). The summed E-state index contributed by atoms with van der Waals surface area (Å²) in [5.41, 5.74) is 2.76. The van der Waals surface area contributed by atoms with Gasteiger partial charge in [-0.3, -0.25) is 9.89 Å². The summed E-state index contributed by atoms with van der Waals surface area (Å²) in [4.78, 5) is 29.3. The number of hydrogen-bond acceptors (Lipinski definition) is 5. The van der Waals surface area contributed by atoms with Crippen molar-refractivity contribution in [3.8, 4) is 11.4 Å². The van der Waals surface area contributed by atoms with Crippen LogP contribution in [-0.2, 0) is 16.0 Å². The van der Waals surface area contributed by atoms with E-state index < -0.39 is 12.1 Å². The number of nitrogens with zero attached hydrogens (tertiary/aromatic N) is 2. The summed E-state index contributed by atoms with van der Waals surface area (Å²) in [5, 5.41) is 10.1. The van der Waals surface area contributed by atoms with Gasteiger partial charge in [0.15, 0.2) is 11.9 Å². The summed E-state index contributed by atoms with van der Waals surface area (Å²) >= 11 is 0. The quantitative estimate of drug-likeness (QED) is 0.684. The van der Waals surface area contributed by atoms with E-state index in [1.165, 1.54) is 0 Å². The first kappa shape index (κ1) is 16.7. The van der Waals surface area contributed by atoms with Crippen LogP contribution in [0.25, 0.3) is 11.4 Å². The molecule has 5 rings (SSSR count). The highest BCUT2D eigenvalue weighted by Gasteiger charge is 2.31. The Morgan fingerprint density at radius 2 is 2.00 bits per heavy atom. The highest BCUT2D eigenvalue weighted by atomic mass is 16.5. The highest BCUT2D eigenvalue weighted by Crippen LogP contribution is 2.38. The van der Waals surface area contributed by atoms with Gasteiger partial charge in [0, 0.05) is 23.6 Å². The number of carbonyl (C=O) groups excluding carboxylic acids is 2. The Morgan fingerprint density at radius 3 is 2.86 bits per heavy atom. The molecule has 1 fully saturated rings. The Kier molecular flexibility index (Phi) is 3.93. The van der Waals surface area contributed by atoms with Crippen molar-refractivity contribution in [2.75, 3.05) is 5.32 Å². The SMILES string of the molecule is O=C1OC(C(=O)Nc2cccc(-c3n[nH]c(C4CC4)n3)c2)Cc2ccccc21. The Labute approximate surface area is 161 Å². The van der Waals surface area contributed by atoms with Crippen molar-refractivity contribution in [3.05, 3.63) is 65.5 Å². The third-order valence-corrected chi connectivity index (χ3v) is 5.04. The summed E-state index contributed by atoms with van der Waals surface area (Å²) in [6, 6.07) is 14.5. The average molecular weight is 374 g/mol. The third kappa shape index (κ3) is 3.15. The van der Waals surface area contributed by atoms with Crippen molar-refractivity contribution in [1.82, 2.24) is 15.2 Å². The third-order valence-electron chi connectivity index (χ3n) is 5.04. The topological polar surface area (TPSA) is 97.0 Å². The maximum absolute atomic E-state index is 12.6. The zero-order valence-corrected chi connectivity index (χ0v) is 15.0. The van der Waals surface area contributed by atoms with Crippen LogP contribution in [0, 0.1) is 0 Å². The van der Waals surface area contributed by atoms with E-state index in [0.717, 1.165) is 29.8 Å². The zero-order valence-electron chi connectivity index (χ0n) is 15.0. The Morgan fingerprint density at radius 1 is 1.14 bits per heavy atom. The number of nitrogens with one attached hydrogen (secondary N) is 2. The maximum Gasteiger partial charge on any atom is 0.339 e. The van der Waals surface area contributed by atoms with E-state index in [-0.39, 0.29) is 5.91 Å². The van der Waals surface area contributed by atoms with E-state index in [2.05, 4.69) is 20.5 Å². The van der Waals surface area contributed by atoms with Gasteiger partial charge in [-0.1, -0.05) is 30.3 Å². The molecule has 1 aliphatic carbocycles. The van der Waals surface area contributed by atoms with Gasteiger partial charge in [-0.25, -0.2) is 9.78 Å². The number of H-pyrrole nitrogens is 1. The second-order valence-corrected chi connectivity index (χ2v) is 7.14. The lowest BCUT2D eigenvalue weighted by atomic mass is 9.98. The van der Waals surface area contributed by atoms with Gasteiger partial charge in [0.05, 0.1) is 5.56 Å². The van der Waals surface area contributed by atoms with E-state index in [9.17, 15) is 9.59 Å². The lowest BCUT2D eigenvalue weighted by molar-refractivity contribution is -0.125. The monoisotopic (exact) mass is 374 g/mol. The molecular formula is C21H18N4O3. The molecule has 3 aromatic rings. The van der Waals surface area contributed by atoms with Gasteiger partial charge in [0.1, 0.15) is 5.82 Å². The number of ether oxygens (including phenoxy) is 1. The molecule has 2 aliphatic rings. The second-order valence-electron chi connectivity index (χ2n) is 7.14. The van der Waals surface area contributed by atoms with Crippen LogP contribution in [0.3, 0.4) is 0 Å². The van der Waals surface area contributed by atoms with E-state index in [4.69, 9.17) is 4.74 Å². The minimum absolute atomic E-state index is 0.353. The predicted octanol–water partition coefficient (Wildman–Crippen LogP) is 3.07. The van der Waals surface area contributed by atoms with Crippen LogP contribution in [0.5, 0.6) is 0 Å². The number of benzene rings is 2. The number of amides is 1. The van der Waals surface area contributed by atoms with Crippen molar-refractivity contribution in [2.24, 2.45) is 0 Å². The lowest BCUT2D eigenvalue weighted by Gasteiger charge is -2.23. The molecule has 0 radical (unpaired) electrons. The van der Waals surface area contributed by atoms with Gasteiger partial charge in [0.25, 0.3) is 5.91 Å². The minimum Gasteiger partial charge on any atom is -0.448 e. The predicted molar refractivity (Wildman–Crippen MR) is 102 cm³/mol. The number of aromatic amines is 1.